The van der Waals surface area contributed by atoms with Crippen molar-refractivity contribution in [1.29, 1.82) is 0 Å². The summed E-state index contributed by atoms with van der Waals surface area (Å²) in [6.45, 7) is 1.09. The van der Waals surface area contributed by atoms with E-state index in [1.54, 1.807) is 0 Å². The normalized spacial score (nSPS) is 49.7. The summed E-state index contributed by atoms with van der Waals surface area (Å²) >= 11 is 1.84. The van der Waals surface area contributed by atoms with Crippen LogP contribution in [0.25, 0.3) is 0 Å². The van der Waals surface area contributed by atoms with E-state index >= 15 is 0 Å². The average Bonchev–Trinajstić information content (AvgIpc) is 2.60. The molecule has 2 aliphatic heterocycles. The van der Waals surface area contributed by atoms with Crippen LogP contribution in [0.4, 0.5) is 0 Å². The maximum atomic E-state index is 9.42. The van der Waals surface area contributed by atoms with Crippen LogP contribution in [0, 0.1) is 0 Å². The van der Waals surface area contributed by atoms with Gasteiger partial charge in [-0.1, -0.05) is 0 Å². The van der Waals surface area contributed by atoms with Gasteiger partial charge in [-0.3, -0.25) is 5.32 Å². The minimum absolute atomic E-state index is 0.0868. The minimum Gasteiger partial charge on any atom is -0.390 e. The van der Waals surface area contributed by atoms with Gasteiger partial charge in [-0.2, -0.15) is 0 Å². The molecule has 2 fully saturated rings. The number of rotatable bonds is 0. The summed E-state index contributed by atoms with van der Waals surface area (Å²) in [5.41, 5.74) is 0. The fourth-order valence-corrected chi connectivity index (χ4v) is 2.28. The fraction of sp³-hybridized carbons (Fsp3) is 1.00. The van der Waals surface area contributed by atoms with E-state index in [0.717, 1.165) is 25.1 Å². The first kappa shape index (κ1) is 6.01. The molecule has 2 nitrogen and oxygen atoms in total. The molecule has 9 heavy (non-hydrogen) atoms. The third-order valence-corrected chi connectivity index (χ3v) is 3.40. The Morgan fingerprint density at radius 2 is 2.44 bits per heavy atom. The highest BCUT2D eigenvalue weighted by Crippen LogP contribution is 2.47. The highest BCUT2D eigenvalue weighted by Gasteiger charge is 2.51. The summed E-state index contributed by atoms with van der Waals surface area (Å²) < 4.78 is 0. The average molecular weight is 145 g/mol. The summed E-state index contributed by atoms with van der Waals surface area (Å²) in [6.07, 6.45) is 2.03. The van der Waals surface area contributed by atoms with Crippen LogP contribution >= 0.6 is 11.8 Å². The summed E-state index contributed by atoms with van der Waals surface area (Å²) in [5, 5.41) is 12.7. The van der Waals surface area contributed by atoms with Gasteiger partial charge in [-0.15, -0.1) is 11.8 Å². The van der Waals surface area contributed by atoms with Gasteiger partial charge in [-0.05, 0) is 19.4 Å². The molecule has 0 aromatic rings. The molecule has 2 rings (SSSR count). The van der Waals surface area contributed by atoms with Crippen LogP contribution in [0.2, 0.25) is 0 Å². The molecule has 3 heteroatoms. The van der Waals surface area contributed by atoms with Gasteiger partial charge in [-0.25, -0.2) is 0 Å². The van der Waals surface area contributed by atoms with Crippen molar-refractivity contribution in [3.8, 4) is 0 Å². The van der Waals surface area contributed by atoms with Gasteiger partial charge < -0.3 is 5.11 Å². The van der Waals surface area contributed by atoms with Crippen molar-refractivity contribution in [2.45, 2.75) is 23.8 Å². The van der Waals surface area contributed by atoms with Crippen molar-refractivity contribution in [2.24, 2.45) is 0 Å². The molecule has 2 aliphatic rings. The van der Waals surface area contributed by atoms with E-state index in [2.05, 4.69) is 5.32 Å². The van der Waals surface area contributed by atoms with E-state index in [1.807, 2.05) is 11.8 Å². The highest BCUT2D eigenvalue weighted by atomic mass is 32.2. The lowest BCUT2D eigenvalue weighted by Crippen LogP contribution is -2.47. The number of aliphatic hydroxyl groups is 1. The Bertz CT molecular complexity index is 124. The van der Waals surface area contributed by atoms with Crippen LogP contribution in [0.1, 0.15) is 12.8 Å². The third kappa shape index (κ3) is 0.876. The third-order valence-electron chi connectivity index (χ3n) is 2.07. The first-order chi connectivity index (χ1) is 4.33. The Kier molecular flexibility index (Phi) is 1.25. The van der Waals surface area contributed by atoms with Gasteiger partial charge in [0, 0.05) is 5.75 Å². The first-order valence-corrected chi connectivity index (χ1v) is 4.39. The second kappa shape index (κ2) is 1.87. The summed E-state index contributed by atoms with van der Waals surface area (Å²) in [4.78, 5) is 0.109. The molecule has 2 saturated heterocycles. The van der Waals surface area contributed by atoms with Crippen LogP contribution in [-0.2, 0) is 0 Å². The number of thioether (sulfide) groups is 1. The molecule has 0 radical (unpaired) electrons. The standard InChI is InChI=1S/C6H11NOS/c8-5-2-1-3-7-6(5)4-9-6/h5,7-8H,1-4H2. The van der Waals surface area contributed by atoms with Crippen molar-refractivity contribution < 1.29 is 5.11 Å². The first-order valence-electron chi connectivity index (χ1n) is 3.41. The molecule has 52 valence electrons. The van der Waals surface area contributed by atoms with Gasteiger partial charge in [0.2, 0.25) is 0 Å². The Balaban J connectivity index is 2.03. The minimum atomic E-state index is -0.0868. The van der Waals surface area contributed by atoms with E-state index in [1.165, 1.54) is 0 Å². The quantitative estimate of drug-likeness (QED) is 0.477. The molecule has 2 atom stereocenters. The predicted octanol–water partition coefficient (Wildman–Crippen LogP) is 0.174. The number of hydrogen-bond acceptors (Lipinski definition) is 3. The Hall–Kier alpha value is 0.270. The Morgan fingerprint density at radius 3 is 2.89 bits per heavy atom. The largest absolute Gasteiger partial charge is 0.390 e. The number of hydrogen-bond donors (Lipinski definition) is 2. The smallest absolute Gasteiger partial charge is 0.1000 e. The molecular weight excluding hydrogens is 134 g/mol. The van der Waals surface area contributed by atoms with Crippen LogP contribution in [0.3, 0.4) is 0 Å². The zero-order valence-electron chi connectivity index (χ0n) is 5.26. The fourth-order valence-electron chi connectivity index (χ4n) is 1.32. The van der Waals surface area contributed by atoms with Gasteiger partial charge in [0.05, 0.1) is 11.0 Å². The lowest BCUT2D eigenvalue weighted by Gasteiger charge is -2.26. The van der Waals surface area contributed by atoms with Crippen molar-refractivity contribution in [3.05, 3.63) is 0 Å². The zero-order valence-corrected chi connectivity index (χ0v) is 6.08. The molecular formula is C6H11NOS. The van der Waals surface area contributed by atoms with Crippen molar-refractivity contribution in [2.75, 3.05) is 12.3 Å². The Morgan fingerprint density at radius 1 is 1.67 bits per heavy atom. The van der Waals surface area contributed by atoms with Gasteiger partial charge >= 0.3 is 0 Å². The van der Waals surface area contributed by atoms with Gasteiger partial charge in [0.25, 0.3) is 0 Å². The van der Waals surface area contributed by atoms with Crippen LogP contribution in [0.5, 0.6) is 0 Å². The molecule has 0 aliphatic carbocycles. The van der Waals surface area contributed by atoms with E-state index in [4.69, 9.17) is 0 Å². The highest BCUT2D eigenvalue weighted by molar-refractivity contribution is 8.07. The SMILES string of the molecule is OC1CCCNC12CS2. The predicted molar refractivity (Wildman–Crippen MR) is 38.4 cm³/mol. The summed E-state index contributed by atoms with van der Waals surface area (Å²) in [6, 6.07) is 0. The Labute approximate surface area is 59.0 Å². The van der Waals surface area contributed by atoms with Gasteiger partial charge in [0.1, 0.15) is 0 Å². The molecule has 0 bridgehead atoms. The van der Waals surface area contributed by atoms with E-state index < -0.39 is 0 Å². The van der Waals surface area contributed by atoms with Crippen LogP contribution < -0.4 is 5.32 Å². The van der Waals surface area contributed by atoms with Crippen molar-refractivity contribution >= 4 is 11.8 Å². The number of piperidine rings is 1. The molecule has 0 aromatic heterocycles. The second-order valence-electron chi connectivity index (χ2n) is 2.76. The molecule has 2 heterocycles. The molecule has 2 unspecified atom stereocenters. The van der Waals surface area contributed by atoms with E-state index in [0.29, 0.717) is 0 Å². The van der Waals surface area contributed by atoms with E-state index in [-0.39, 0.29) is 11.0 Å². The van der Waals surface area contributed by atoms with Crippen LogP contribution in [-0.4, -0.2) is 28.4 Å². The van der Waals surface area contributed by atoms with Crippen molar-refractivity contribution in [3.63, 3.8) is 0 Å². The van der Waals surface area contributed by atoms with Crippen LogP contribution in [0.15, 0.2) is 0 Å². The lowest BCUT2D eigenvalue weighted by molar-refractivity contribution is 0.102. The maximum Gasteiger partial charge on any atom is 0.1000 e. The lowest BCUT2D eigenvalue weighted by atomic mass is 10.0. The van der Waals surface area contributed by atoms with Gasteiger partial charge in [0.15, 0.2) is 0 Å². The maximum absolute atomic E-state index is 9.42. The topological polar surface area (TPSA) is 32.3 Å². The molecule has 0 aromatic carbocycles. The monoisotopic (exact) mass is 145 g/mol. The summed E-state index contributed by atoms with van der Waals surface area (Å²) in [7, 11) is 0. The summed E-state index contributed by atoms with van der Waals surface area (Å²) in [5.74, 6) is 1.11. The van der Waals surface area contributed by atoms with E-state index in [9.17, 15) is 5.11 Å². The molecule has 2 N–H and O–H groups in total. The molecule has 0 amide bonds. The second-order valence-corrected chi connectivity index (χ2v) is 4.07. The number of nitrogens with one attached hydrogen (secondary N) is 1. The van der Waals surface area contributed by atoms with Crippen molar-refractivity contribution in [1.82, 2.24) is 5.32 Å². The molecule has 1 spiro atoms. The zero-order chi connectivity index (χ0) is 6.32. The molecule has 0 saturated carbocycles. The number of aliphatic hydroxyl groups excluding tert-OH is 1.